The molecule has 96 valence electrons. The summed E-state index contributed by atoms with van der Waals surface area (Å²) in [6.45, 7) is 6.40. The first-order valence-corrected chi connectivity index (χ1v) is 6.30. The lowest BCUT2D eigenvalue weighted by atomic mass is 10.1. The number of hydrogen-bond donors (Lipinski definition) is 1. The van der Waals surface area contributed by atoms with E-state index in [0.717, 1.165) is 25.2 Å². The molecule has 0 radical (unpaired) electrons. The van der Waals surface area contributed by atoms with Gasteiger partial charge in [0.05, 0.1) is 11.3 Å². The second-order valence-corrected chi connectivity index (χ2v) is 5.02. The van der Waals surface area contributed by atoms with E-state index < -0.39 is 0 Å². The third kappa shape index (κ3) is 2.80. The van der Waals surface area contributed by atoms with Crippen molar-refractivity contribution in [3.8, 4) is 6.07 Å². The number of halogens is 1. The fourth-order valence-electron chi connectivity index (χ4n) is 2.33. The number of benzene rings is 1. The molecule has 0 aliphatic carbocycles. The van der Waals surface area contributed by atoms with Crippen molar-refractivity contribution >= 4 is 5.69 Å². The van der Waals surface area contributed by atoms with E-state index in [1.54, 1.807) is 6.07 Å². The van der Waals surface area contributed by atoms with Crippen LogP contribution in [0.4, 0.5) is 10.1 Å². The Hall–Kier alpha value is -1.60. The lowest BCUT2D eigenvalue weighted by Gasteiger charge is -2.21. The zero-order valence-corrected chi connectivity index (χ0v) is 10.8. The van der Waals surface area contributed by atoms with Gasteiger partial charge in [0.1, 0.15) is 11.9 Å². The number of nitrogens with zero attached hydrogens (tertiary/aromatic N) is 2. The first-order chi connectivity index (χ1) is 8.60. The van der Waals surface area contributed by atoms with Crippen molar-refractivity contribution in [1.82, 2.24) is 4.90 Å². The van der Waals surface area contributed by atoms with Gasteiger partial charge in [-0.15, -0.1) is 0 Å². The minimum absolute atomic E-state index is 0.338. The van der Waals surface area contributed by atoms with Crippen LogP contribution in [0.25, 0.3) is 0 Å². The minimum atomic E-state index is -0.368. The quantitative estimate of drug-likeness (QED) is 0.892. The summed E-state index contributed by atoms with van der Waals surface area (Å²) in [6, 6.07) is 7.22. The zero-order chi connectivity index (χ0) is 13.1. The van der Waals surface area contributed by atoms with E-state index in [1.807, 2.05) is 6.07 Å². The summed E-state index contributed by atoms with van der Waals surface area (Å²) in [5.74, 6) is -0.368. The Morgan fingerprint density at radius 2 is 2.28 bits per heavy atom. The van der Waals surface area contributed by atoms with Gasteiger partial charge in [0, 0.05) is 25.2 Å². The van der Waals surface area contributed by atoms with Gasteiger partial charge in [-0.3, -0.25) is 4.90 Å². The monoisotopic (exact) mass is 247 g/mol. The Morgan fingerprint density at radius 3 is 2.89 bits per heavy atom. The highest BCUT2D eigenvalue weighted by Crippen LogP contribution is 2.21. The van der Waals surface area contributed by atoms with Crippen LogP contribution in [0.5, 0.6) is 0 Å². The van der Waals surface area contributed by atoms with Crippen LogP contribution < -0.4 is 5.32 Å². The van der Waals surface area contributed by atoms with Crippen LogP contribution >= 0.6 is 0 Å². The van der Waals surface area contributed by atoms with Crippen LogP contribution in [-0.4, -0.2) is 30.1 Å². The molecule has 4 heteroatoms. The highest BCUT2D eigenvalue weighted by atomic mass is 19.1. The van der Waals surface area contributed by atoms with E-state index >= 15 is 0 Å². The number of anilines is 1. The molecule has 0 spiro atoms. The van der Waals surface area contributed by atoms with E-state index in [9.17, 15) is 4.39 Å². The van der Waals surface area contributed by atoms with Gasteiger partial charge in [0.15, 0.2) is 0 Å². The van der Waals surface area contributed by atoms with Crippen molar-refractivity contribution in [2.45, 2.75) is 32.4 Å². The first-order valence-electron chi connectivity index (χ1n) is 6.30. The number of nitriles is 1. The van der Waals surface area contributed by atoms with E-state index in [2.05, 4.69) is 24.1 Å². The summed E-state index contributed by atoms with van der Waals surface area (Å²) in [5.41, 5.74) is 1.10. The van der Waals surface area contributed by atoms with Crippen LogP contribution in [0.1, 0.15) is 25.8 Å². The van der Waals surface area contributed by atoms with E-state index in [0.29, 0.717) is 17.6 Å². The van der Waals surface area contributed by atoms with Gasteiger partial charge in [-0.05, 0) is 38.5 Å². The number of likely N-dealkylation sites (tertiary alicyclic amines) is 1. The second-order valence-electron chi connectivity index (χ2n) is 5.02. The van der Waals surface area contributed by atoms with Gasteiger partial charge in [-0.25, -0.2) is 4.39 Å². The summed E-state index contributed by atoms with van der Waals surface area (Å²) >= 11 is 0. The third-order valence-electron chi connectivity index (χ3n) is 3.41. The van der Waals surface area contributed by atoms with Crippen molar-refractivity contribution < 1.29 is 4.39 Å². The van der Waals surface area contributed by atoms with E-state index in [1.165, 1.54) is 12.1 Å². The van der Waals surface area contributed by atoms with Gasteiger partial charge in [-0.2, -0.15) is 5.26 Å². The maximum absolute atomic E-state index is 13.0. The van der Waals surface area contributed by atoms with Crippen LogP contribution in [-0.2, 0) is 0 Å². The molecule has 2 rings (SSSR count). The normalized spacial score (nSPS) is 20.1. The SMILES string of the molecule is CC(C)N1CCC(Nc2ccc(F)cc2C#N)C1. The second kappa shape index (κ2) is 5.36. The zero-order valence-electron chi connectivity index (χ0n) is 10.8. The third-order valence-corrected chi connectivity index (χ3v) is 3.41. The molecule has 1 aliphatic rings. The molecule has 1 heterocycles. The highest BCUT2D eigenvalue weighted by molar-refractivity contribution is 5.58. The number of rotatable bonds is 3. The Labute approximate surface area is 107 Å². The highest BCUT2D eigenvalue weighted by Gasteiger charge is 2.24. The average molecular weight is 247 g/mol. The molecule has 1 fully saturated rings. The summed E-state index contributed by atoms with van der Waals surface area (Å²) in [4.78, 5) is 2.40. The van der Waals surface area contributed by atoms with E-state index in [4.69, 9.17) is 5.26 Å². The fourth-order valence-corrected chi connectivity index (χ4v) is 2.33. The predicted octanol–water partition coefficient (Wildman–Crippen LogP) is 2.59. The van der Waals surface area contributed by atoms with Crippen LogP contribution in [0.15, 0.2) is 18.2 Å². The Bertz CT molecular complexity index is 465. The molecule has 1 aliphatic heterocycles. The lowest BCUT2D eigenvalue weighted by Crippen LogP contribution is -2.31. The molecule has 1 atom stereocenters. The molecule has 0 aromatic heterocycles. The molecule has 1 aromatic carbocycles. The molecule has 0 saturated carbocycles. The van der Waals surface area contributed by atoms with Crippen molar-refractivity contribution in [2.75, 3.05) is 18.4 Å². The summed E-state index contributed by atoms with van der Waals surface area (Å²) in [5, 5.41) is 12.3. The summed E-state index contributed by atoms with van der Waals surface area (Å²) in [6.07, 6.45) is 1.06. The molecule has 3 nitrogen and oxygen atoms in total. The van der Waals surface area contributed by atoms with Gasteiger partial charge in [0.2, 0.25) is 0 Å². The smallest absolute Gasteiger partial charge is 0.124 e. The first kappa shape index (κ1) is 12.8. The Kier molecular flexibility index (Phi) is 3.83. The van der Waals surface area contributed by atoms with Gasteiger partial charge in [-0.1, -0.05) is 0 Å². The standard InChI is InChI=1S/C14H18FN3/c1-10(2)18-6-5-13(9-18)17-14-4-3-12(15)7-11(14)8-16/h3-4,7,10,13,17H,5-6,9H2,1-2H3. The molecular formula is C14H18FN3. The lowest BCUT2D eigenvalue weighted by molar-refractivity contribution is 0.274. The summed E-state index contributed by atoms with van der Waals surface area (Å²) in [7, 11) is 0. The molecule has 1 saturated heterocycles. The topological polar surface area (TPSA) is 39.1 Å². The van der Waals surface area contributed by atoms with Gasteiger partial charge < -0.3 is 5.32 Å². The largest absolute Gasteiger partial charge is 0.380 e. The van der Waals surface area contributed by atoms with Crippen molar-refractivity contribution in [2.24, 2.45) is 0 Å². The van der Waals surface area contributed by atoms with Crippen molar-refractivity contribution in [1.29, 1.82) is 5.26 Å². The van der Waals surface area contributed by atoms with Crippen LogP contribution in [0.2, 0.25) is 0 Å². The number of nitrogens with one attached hydrogen (secondary N) is 1. The summed E-state index contributed by atoms with van der Waals surface area (Å²) < 4.78 is 13.0. The predicted molar refractivity (Wildman–Crippen MR) is 69.9 cm³/mol. The van der Waals surface area contributed by atoms with E-state index in [-0.39, 0.29) is 5.82 Å². The maximum atomic E-state index is 13.0. The van der Waals surface area contributed by atoms with Gasteiger partial charge >= 0.3 is 0 Å². The fraction of sp³-hybridized carbons (Fsp3) is 0.500. The average Bonchev–Trinajstić information content (AvgIpc) is 2.80. The Morgan fingerprint density at radius 1 is 1.50 bits per heavy atom. The molecule has 0 bridgehead atoms. The van der Waals surface area contributed by atoms with Crippen molar-refractivity contribution in [3.63, 3.8) is 0 Å². The Balaban J connectivity index is 2.05. The van der Waals surface area contributed by atoms with Crippen LogP contribution in [0.3, 0.4) is 0 Å². The van der Waals surface area contributed by atoms with Crippen molar-refractivity contribution in [3.05, 3.63) is 29.6 Å². The molecular weight excluding hydrogens is 229 g/mol. The minimum Gasteiger partial charge on any atom is -0.380 e. The molecule has 1 unspecified atom stereocenters. The van der Waals surface area contributed by atoms with Gasteiger partial charge in [0.25, 0.3) is 0 Å². The molecule has 1 aromatic rings. The number of hydrogen-bond acceptors (Lipinski definition) is 3. The van der Waals surface area contributed by atoms with Crippen LogP contribution in [0, 0.1) is 17.1 Å². The molecule has 1 N–H and O–H groups in total. The molecule has 0 amide bonds. The maximum Gasteiger partial charge on any atom is 0.124 e. The molecule has 18 heavy (non-hydrogen) atoms.